The molecular weight excluding hydrogens is 369 g/mol. The van der Waals surface area contributed by atoms with Crippen LogP contribution in [0.2, 0.25) is 0 Å². The average Bonchev–Trinajstić information content (AvgIpc) is 2.43. The Bertz CT molecular complexity index is 666. The topological polar surface area (TPSA) is 51.5 Å². The van der Waals surface area contributed by atoms with E-state index in [9.17, 15) is 4.79 Å². The molecule has 1 N–H and O–H groups in total. The molecule has 1 heterocycles. The third-order valence-electron chi connectivity index (χ3n) is 3.30. The second-order valence-electron chi connectivity index (χ2n) is 4.80. The van der Waals surface area contributed by atoms with Gasteiger partial charge < -0.3 is 14.5 Å². The van der Waals surface area contributed by atoms with Gasteiger partial charge in [-0.3, -0.25) is 4.79 Å². The molecule has 20 heavy (non-hydrogen) atoms. The van der Waals surface area contributed by atoms with Crippen molar-refractivity contribution in [3.63, 3.8) is 0 Å². The summed E-state index contributed by atoms with van der Waals surface area (Å²) in [4.78, 5) is 12.2. The minimum atomic E-state index is 0.0286. The predicted molar refractivity (Wildman–Crippen MR) is 88.2 cm³/mol. The van der Waals surface area contributed by atoms with Crippen LogP contribution in [0.5, 0.6) is 0 Å². The fourth-order valence-corrected chi connectivity index (χ4v) is 2.58. The number of rotatable bonds is 5. The van der Waals surface area contributed by atoms with E-state index in [1.165, 1.54) is 6.26 Å². The van der Waals surface area contributed by atoms with Crippen LogP contribution in [-0.2, 0) is 4.74 Å². The predicted octanol–water partition coefficient (Wildman–Crippen LogP) is 3.00. The molecule has 2 rings (SSSR count). The molecule has 0 spiro atoms. The molecular formula is C15H18INO3. The van der Waals surface area contributed by atoms with E-state index in [1.54, 1.807) is 7.11 Å². The fraction of sp³-hybridized carbons (Fsp3) is 0.400. The van der Waals surface area contributed by atoms with Gasteiger partial charge >= 0.3 is 0 Å². The summed E-state index contributed by atoms with van der Waals surface area (Å²) in [5, 5.41) is 4.01. The van der Waals surface area contributed by atoms with E-state index < -0.39 is 0 Å². The monoisotopic (exact) mass is 387 g/mol. The minimum absolute atomic E-state index is 0.0286. The van der Waals surface area contributed by atoms with Gasteiger partial charge in [0.2, 0.25) is 5.43 Å². The molecule has 5 heteroatoms. The Hall–Kier alpha value is -0.920. The first-order valence-electron chi connectivity index (χ1n) is 6.48. The number of benzene rings is 1. The van der Waals surface area contributed by atoms with Gasteiger partial charge in [0.15, 0.2) is 0 Å². The highest BCUT2D eigenvalue weighted by molar-refractivity contribution is 14.1. The normalized spacial score (nSPS) is 12.8. The van der Waals surface area contributed by atoms with E-state index in [1.807, 2.05) is 35.6 Å². The van der Waals surface area contributed by atoms with Crippen molar-refractivity contribution in [2.24, 2.45) is 0 Å². The average molecular weight is 387 g/mol. The molecule has 1 aromatic heterocycles. The van der Waals surface area contributed by atoms with Gasteiger partial charge in [-0.15, -0.1) is 0 Å². The molecule has 0 aliphatic carbocycles. The van der Waals surface area contributed by atoms with Crippen molar-refractivity contribution in [3.8, 4) is 0 Å². The molecule has 1 atom stereocenters. The quantitative estimate of drug-likeness (QED) is 0.633. The lowest BCUT2D eigenvalue weighted by Crippen LogP contribution is -2.23. The number of methoxy groups -OCH3 is 1. The Morgan fingerprint density at radius 2 is 2.20 bits per heavy atom. The molecule has 0 saturated carbocycles. The number of aryl methyl sites for hydroxylation is 1. The molecule has 0 aliphatic heterocycles. The molecule has 2 aromatic rings. The molecule has 0 bridgehead atoms. The zero-order chi connectivity index (χ0) is 14.7. The Morgan fingerprint density at radius 3 is 2.90 bits per heavy atom. The van der Waals surface area contributed by atoms with Gasteiger partial charge in [-0.25, -0.2) is 0 Å². The maximum atomic E-state index is 12.2. The van der Waals surface area contributed by atoms with Gasteiger partial charge in [0.25, 0.3) is 0 Å². The van der Waals surface area contributed by atoms with Crippen molar-refractivity contribution in [1.82, 2.24) is 5.32 Å². The van der Waals surface area contributed by atoms with E-state index >= 15 is 0 Å². The molecule has 0 radical (unpaired) electrons. The second-order valence-corrected chi connectivity index (χ2v) is 5.96. The maximum Gasteiger partial charge on any atom is 0.206 e. The van der Waals surface area contributed by atoms with Crippen molar-refractivity contribution in [3.05, 3.63) is 43.3 Å². The van der Waals surface area contributed by atoms with Crippen LogP contribution in [0, 0.1) is 10.5 Å². The third-order valence-corrected chi connectivity index (χ3v) is 4.04. The van der Waals surface area contributed by atoms with E-state index in [-0.39, 0.29) is 11.5 Å². The first kappa shape index (κ1) is 15.5. The van der Waals surface area contributed by atoms with Gasteiger partial charge in [0.1, 0.15) is 11.8 Å². The molecule has 1 unspecified atom stereocenters. The first-order chi connectivity index (χ1) is 9.54. The van der Waals surface area contributed by atoms with Gasteiger partial charge in [-0.05, 0) is 53.6 Å². The van der Waals surface area contributed by atoms with Crippen LogP contribution < -0.4 is 10.7 Å². The highest BCUT2D eigenvalue weighted by Gasteiger charge is 2.12. The lowest BCUT2D eigenvalue weighted by molar-refractivity contribution is 0.196. The third kappa shape index (κ3) is 3.21. The van der Waals surface area contributed by atoms with Crippen molar-refractivity contribution in [2.75, 3.05) is 20.3 Å². The summed E-state index contributed by atoms with van der Waals surface area (Å²) in [7, 11) is 1.68. The van der Waals surface area contributed by atoms with E-state index in [2.05, 4.69) is 18.3 Å². The van der Waals surface area contributed by atoms with Gasteiger partial charge in [-0.1, -0.05) is 6.07 Å². The van der Waals surface area contributed by atoms with Crippen LogP contribution in [-0.4, -0.2) is 20.3 Å². The summed E-state index contributed by atoms with van der Waals surface area (Å²) in [5.74, 6) is 0. The summed E-state index contributed by atoms with van der Waals surface area (Å²) in [5.41, 5.74) is 2.76. The Balaban J connectivity index is 2.41. The highest BCUT2D eigenvalue weighted by Crippen LogP contribution is 2.23. The lowest BCUT2D eigenvalue weighted by atomic mass is 10.0. The number of ether oxygens (including phenoxy) is 1. The van der Waals surface area contributed by atoms with Crippen molar-refractivity contribution in [2.45, 2.75) is 19.9 Å². The lowest BCUT2D eigenvalue weighted by Gasteiger charge is -2.15. The van der Waals surface area contributed by atoms with Crippen molar-refractivity contribution < 1.29 is 9.15 Å². The zero-order valence-electron chi connectivity index (χ0n) is 11.8. The van der Waals surface area contributed by atoms with Crippen LogP contribution in [0.3, 0.4) is 0 Å². The number of hydrogen-bond donors (Lipinski definition) is 1. The summed E-state index contributed by atoms with van der Waals surface area (Å²) >= 11 is 2.00. The Kier molecular flexibility index (Phi) is 5.17. The summed E-state index contributed by atoms with van der Waals surface area (Å²) in [6, 6.07) is 4.13. The smallest absolute Gasteiger partial charge is 0.206 e. The van der Waals surface area contributed by atoms with Crippen molar-refractivity contribution in [1.29, 1.82) is 0 Å². The summed E-state index contributed by atoms with van der Waals surface area (Å²) < 4.78 is 11.2. The summed E-state index contributed by atoms with van der Waals surface area (Å²) in [6.07, 6.45) is 1.51. The largest absolute Gasteiger partial charge is 0.463 e. The van der Waals surface area contributed by atoms with E-state index in [4.69, 9.17) is 9.15 Å². The second kappa shape index (κ2) is 6.69. The van der Waals surface area contributed by atoms with E-state index in [0.29, 0.717) is 21.1 Å². The molecule has 0 fully saturated rings. The first-order valence-corrected chi connectivity index (χ1v) is 7.56. The van der Waals surface area contributed by atoms with Crippen LogP contribution >= 0.6 is 22.6 Å². The van der Waals surface area contributed by atoms with E-state index in [0.717, 1.165) is 17.7 Å². The van der Waals surface area contributed by atoms with Gasteiger partial charge in [0, 0.05) is 19.7 Å². The summed E-state index contributed by atoms with van der Waals surface area (Å²) in [6.45, 7) is 5.47. The number of nitrogens with one attached hydrogen (secondary N) is 1. The molecule has 108 valence electrons. The number of hydrogen-bond acceptors (Lipinski definition) is 4. The molecule has 0 saturated heterocycles. The van der Waals surface area contributed by atoms with Gasteiger partial charge in [-0.2, -0.15) is 0 Å². The van der Waals surface area contributed by atoms with Crippen molar-refractivity contribution >= 4 is 33.6 Å². The maximum absolute atomic E-state index is 12.2. The van der Waals surface area contributed by atoms with Crippen LogP contribution in [0.4, 0.5) is 0 Å². The zero-order valence-corrected chi connectivity index (χ0v) is 14.0. The highest BCUT2D eigenvalue weighted by atomic mass is 127. The number of halogens is 1. The van der Waals surface area contributed by atoms with Crippen LogP contribution in [0.1, 0.15) is 24.1 Å². The Labute approximate surface area is 131 Å². The number of fused-ring (bicyclic) bond motifs is 1. The molecule has 0 amide bonds. The molecule has 4 nitrogen and oxygen atoms in total. The fourth-order valence-electron chi connectivity index (χ4n) is 2.17. The SMILES string of the molecule is COCCNC(C)c1cc(C)c2occ(I)c(=O)c2c1. The standard InChI is InChI=1S/C15H18INO3/c1-9-6-11(10(2)17-4-5-19-3)7-12-14(18)13(16)8-20-15(9)12/h6-8,10,17H,4-5H2,1-3H3. The van der Waals surface area contributed by atoms with Crippen LogP contribution in [0.25, 0.3) is 11.0 Å². The molecule has 1 aromatic carbocycles. The Morgan fingerprint density at radius 1 is 1.45 bits per heavy atom. The van der Waals surface area contributed by atoms with Gasteiger partial charge in [0.05, 0.1) is 15.6 Å². The minimum Gasteiger partial charge on any atom is -0.463 e. The van der Waals surface area contributed by atoms with Crippen LogP contribution in [0.15, 0.2) is 27.6 Å². The molecule has 0 aliphatic rings.